The van der Waals surface area contributed by atoms with Crippen molar-refractivity contribution < 1.29 is 21.6 Å². The average Bonchev–Trinajstić information content (AvgIpc) is 3.15. The van der Waals surface area contributed by atoms with Crippen LogP contribution >= 0.6 is 0 Å². The van der Waals surface area contributed by atoms with Crippen molar-refractivity contribution in [3.63, 3.8) is 0 Å². The van der Waals surface area contributed by atoms with Gasteiger partial charge >= 0.3 is 0 Å². The normalized spacial score (nSPS) is 15.1. The lowest BCUT2D eigenvalue weighted by atomic mass is 10.1. The minimum atomic E-state index is -3.85. The smallest absolute Gasteiger partial charge is 0.263 e. The minimum Gasteiger partial charge on any atom is -0.322 e. The van der Waals surface area contributed by atoms with E-state index in [-0.39, 0.29) is 21.2 Å². The fraction of sp³-hybridized carbons (Fsp3) is 0.280. The highest BCUT2D eigenvalue weighted by Gasteiger charge is 2.26. The summed E-state index contributed by atoms with van der Waals surface area (Å²) in [7, 11) is -7.55. The van der Waals surface area contributed by atoms with E-state index in [1.54, 1.807) is 25.1 Å². The van der Waals surface area contributed by atoms with Gasteiger partial charge in [0.15, 0.2) is 0 Å². The van der Waals surface area contributed by atoms with Crippen LogP contribution in [0.4, 0.5) is 11.5 Å². The van der Waals surface area contributed by atoms with Gasteiger partial charge in [0.25, 0.3) is 15.9 Å². The first kappa shape index (κ1) is 25.8. The lowest BCUT2D eigenvalue weighted by Crippen LogP contribution is -2.32. The Morgan fingerprint density at radius 1 is 0.861 bits per heavy atom. The van der Waals surface area contributed by atoms with Crippen molar-refractivity contribution in [1.29, 1.82) is 0 Å². The largest absolute Gasteiger partial charge is 0.322 e. The molecule has 1 amide bonds. The molecule has 1 aliphatic rings. The third kappa shape index (κ3) is 5.92. The predicted molar refractivity (Wildman–Crippen MR) is 138 cm³/mol. The van der Waals surface area contributed by atoms with Crippen LogP contribution < -0.4 is 10.0 Å². The van der Waals surface area contributed by atoms with E-state index in [9.17, 15) is 21.6 Å². The zero-order valence-corrected chi connectivity index (χ0v) is 21.5. The summed E-state index contributed by atoms with van der Waals surface area (Å²) in [6, 6.07) is 15.1. The number of pyridine rings is 1. The number of aryl methyl sites for hydroxylation is 1. The van der Waals surface area contributed by atoms with Crippen LogP contribution in [-0.4, -0.2) is 45.1 Å². The summed E-state index contributed by atoms with van der Waals surface area (Å²) in [4.78, 5) is 17.1. The number of carbonyl (C=O) groups excluding carboxylic acids is 1. The van der Waals surface area contributed by atoms with E-state index in [1.807, 2.05) is 0 Å². The molecule has 1 fully saturated rings. The van der Waals surface area contributed by atoms with Gasteiger partial charge < -0.3 is 5.32 Å². The Morgan fingerprint density at radius 3 is 2.17 bits per heavy atom. The van der Waals surface area contributed by atoms with E-state index < -0.39 is 26.0 Å². The first-order valence-corrected chi connectivity index (χ1v) is 14.6. The Labute approximate surface area is 211 Å². The SMILES string of the molecule is Cc1ccc(S(=O)(=O)N2CCCCCC2)cc1C(=O)Nc1ccc(S(=O)(=O)Nc2ccccn2)cc1. The maximum absolute atomic E-state index is 13.2. The highest BCUT2D eigenvalue weighted by atomic mass is 32.2. The summed E-state index contributed by atoms with van der Waals surface area (Å²) in [6.45, 7) is 2.68. The van der Waals surface area contributed by atoms with Crippen molar-refractivity contribution in [3.05, 3.63) is 78.0 Å². The highest BCUT2D eigenvalue weighted by molar-refractivity contribution is 7.92. The van der Waals surface area contributed by atoms with Crippen LogP contribution in [0.3, 0.4) is 0 Å². The molecule has 0 atom stereocenters. The molecular weight excluding hydrogens is 500 g/mol. The Kier molecular flexibility index (Phi) is 7.72. The van der Waals surface area contributed by atoms with Gasteiger partial charge in [-0.25, -0.2) is 21.8 Å². The molecule has 9 nitrogen and oxygen atoms in total. The zero-order valence-electron chi connectivity index (χ0n) is 19.8. The number of carbonyl (C=O) groups is 1. The van der Waals surface area contributed by atoms with Crippen LogP contribution in [0.25, 0.3) is 0 Å². The number of amides is 1. The van der Waals surface area contributed by atoms with Crippen LogP contribution in [0, 0.1) is 6.92 Å². The number of nitrogens with one attached hydrogen (secondary N) is 2. The van der Waals surface area contributed by atoms with E-state index in [1.165, 1.54) is 53.0 Å². The maximum Gasteiger partial charge on any atom is 0.263 e. The van der Waals surface area contributed by atoms with Gasteiger partial charge in [0.2, 0.25) is 10.0 Å². The van der Waals surface area contributed by atoms with Crippen molar-refractivity contribution >= 4 is 37.5 Å². The molecule has 4 rings (SSSR count). The standard InChI is InChI=1S/C25H28N4O5S2/c1-19-9-12-22(36(33,34)29-16-6-2-3-7-17-29)18-23(19)25(30)27-20-10-13-21(14-11-20)35(31,32)28-24-8-4-5-15-26-24/h4-5,8-15,18H,2-3,6-7,16-17H2,1H3,(H,26,28)(H,27,30). The molecule has 1 aromatic heterocycles. The van der Waals surface area contributed by atoms with E-state index in [0.717, 1.165) is 25.7 Å². The van der Waals surface area contributed by atoms with Crippen molar-refractivity contribution in [2.75, 3.05) is 23.1 Å². The van der Waals surface area contributed by atoms with Crippen molar-refractivity contribution in [1.82, 2.24) is 9.29 Å². The molecule has 0 unspecified atom stereocenters. The number of hydrogen-bond acceptors (Lipinski definition) is 6. The van der Waals surface area contributed by atoms with Crippen molar-refractivity contribution in [2.24, 2.45) is 0 Å². The number of aromatic nitrogens is 1. The van der Waals surface area contributed by atoms with Gasteiger partial charge in [-0.05, 0) is 73.9 Å². The number of benzene rings is 2. The molecule has 36 heavy (non-hydrogen) atoms. The van der Waals surface area contributed by atoms with Gasteiger partial charge in [-0.2, -0.15) is 4.31 Å². The molecule has 0 saturated carbocycles. The Morgan fingerprint density at radius 2 is 1.53 bits per heavy atom. The molecule has 0 spiro atoms. The first-order valence-electron chi connectivity index (χ1n) is 11.6. The molecule has 2 N–H and O–H groups in total. The van der Waals surface area contributed by atoms with Gasteiger partial charge in [0.05, 0.1) is 9.79 Å². The monoisotopic (exact) mass is 528 g/mol. The van der Waals surface area contributed by atoms with Crippen LogP contribution in [-0.2, 0) is 20.0 Å². The summed E-state index contributed by atoms with van der Waals surface area (Å²) in [5.74, 6) is -0.289. The number of nitrogens with zero attached hydrogens (tertiary/aromatic N) is 2. The average molecular weight is 529 g/mol. The second-order valence-electron chi connectivity index (χ2n) is 8.59. The maximum atomic E-state index is 13.2. The molecule has 1 saturated heterocycles. The lowest BCUT2D eigenvalue weighted by molar-refractivity contribution is 0.102. The van der Waals surface area contributed by atoms with Gasteiger partial charge in [-0.1, -0.05) is 25.0 Å². The third-order valence-electron chi connectivity index (χ3n) is 5.98. The van der Waals surface area contributed by atoms with E-state index in [0.29, 0.717) is 24.3 Å². The molecule has 2 aromatic carbocycles. The van der Waals surface area contributed by atoms with E-state index in [4.69, 9.17) is 0 Å². The zero-order chi connectivity index (χ0) is 25.8. The lowest BCUT2D eigenvalue weighted by Gasteiger charge is -2.20. The molecule has 1 aliphatic heterocycles. The Balaban J connectivity index is 1.50. The Hall–Kier alpha value is -3.28. The predicted octanol–water partition coefficient (Wildman–Crippen LogP) is 4.01. The minimum absolute atomic E-state index is 0.00729. The fourth-order valence-electron chi connectivity index (χ4n) is 3.97. The highest BCUT2D eigenvalue weighted by Crippen LogP contribution is 2.24. The van der Waals surface area contributed by atoms with Crippen molar-refractivity contribution in [2.45, 2.75) is 42.4 Å². The third-order valence-corrected chi connectivity index (χ3v) is 9.25. The number of sulfonamides is 2. The molecule has 3 aromatic rings. The molecule has 11 heteroatoms. The summed E-state index contributed by atoms with van der Waals surface area (Å²) >= 11 is 0. The van der Waals surface area contributed by atoms with E-state index >= 15 is 0 Å². The molecule has 2 heterocycles. The Bertz CT molecular complexity index is 1430. The summed E-state index contributed by atoms with van der Waals surface area (Å²) in [5.41, 5.74) is 1.23. The first-order chi connectivity index (χ1) is 17.2. The molecule has 190 valence electrons. The molecule has 0 radical (unpaired) electrons. The van der Waals surface area contributed by atoms with Gasteiger partial charge in [-0.3, -0.25) is 9.52 Å². The topological polar surface area (TPSA) is 126 Å². The summed E-state index contributed by atoms with van der Waals surface area (Å²) < 4.78 is 55.4. The number of hydrogen-bond donors (Lipinski definition) is 2. The van der Waals surface area contributed by atoms with Crippen LogP contribution in [0.15, 0.2) is 76.7 Å². The van der Waals surface area contributed by atoms with Crippen LogP contribution in [0.5, 0.6) is 0 Å². The number of rotatable bonds is 7. The van der Waals surface area contributed by atoms with Gasteiger partial charge in [-0.15, -0.1) is 0 Å². The molecular formula is C25H28N4O5S2. The van der Waals surface area contributed by atoms with Gasteiger partial charge in [0.1, 0.15) is 5.82 Å². The van der Waals surface area contributed by atoms with Crippen LogP contribution in [0.1, 0.15) is 41.6 Å². The second-order valence-corrected chi connectivity index (χ2v) is 12.2. The summed E-state index contributed by atoms with van der Waals surface area (Å²) in [5, 5.41) is 2.72. The van der Waals surface area contributed by atoms with Crippen molar-refractivity contribution in [3.8, 4) is 0 Å². The van der Waals surface area contributed by atoms with Gasteiger partial charge in [0, 0.05) is 30.5 Å². The molecule has 0 aliphatic carbocycles. The quantitative estimate of drug-likeness (QED) is 0.477. The van der Waals surface area contributed by atoms with Crippen LogP contribution in [0.2, 0.25) is 0 Å². The fourth-order valence-corrected chi connectivity index (χ4v) is 6.53. The number of anilines is 2. The van der Waals surface area contributed by atoms with E-state index in [2.05, 4.69) is 15.0 Å². The summed E-state index contributed by atoms with van der Waals surface area (Å²) in [6.07, 6.45) is 5.13. The molecule has 0 bridgehead atoms. The second kappa shape index (κ2) is 10.8.